The second-order valence-electron chi connectivity index (χ2n) is 7.31. The molecule has 1 fully saturated rings. The quantitative estimate of drug-likeness (QED) is 0.857. The molecule has 3 rings (SSSR count). The Bertz CT molecular complexity index is 739. The second kappa shape index (κ2) is 8.69. The van der Waals surface area contributed by atoms with E-state index in [9.17, 15) is 4.79 Å². The summed E-state index contributed by atoms with van der Waals surface area (Å²) in [7, 11) is 0. The van der Waals surface area contributed by atoms with E-state index in [4.69, 9.17) is 0 Å². The van der Waals surface area contributed by atoms with E-state index in [2.05, 4.69) is 55.6 Å². The molecule has 1 aliphatic rings. The molecule has 1 aromatic carbocycles. The number of hydrogen-bond acceptors (Lipinski definition) is 3. The summed E-state index contributed by atoms with van der Waals surface area (Å²) in [6.45, 7) is 9.42. The number of carbonyl (C=O) groups is 1. The summed E-state index contributed by atoms with van der Waals surface area (Å²) in [5, 5.41) is 11.1. The molecule has 6 heteroatoms. The van der Waals surface area contributed by atoms with Crippen LogP contribution in [0.5, 0.6) is 0 Å². The van der Waals surface area contributed by atoms with Gasteiger partial charge in [0.15, 0.2) is 0 Å². The number of hydrogen-bond donors (Lipinski definition) is 2. The summed E-state index contributed by atoms with van der Waals surface area (Å²) in [5.41, 5.74) is 3.82. The molecule has 2 aromatic rings. The topological polar surface area (TPSA) is 59.0 Å². The van der Waals surface area contributed by atoms with Crippen LogP contribution in [0.4, 0.5) is 0 Å². The number of rotatable bonds is 4. The highest BCUT2D eigenvalue weighted by Crippen LogP contribution is 2.24. The van der Waals surface area contributed by atoms with Gasteiger partial charge in [0.25, 0.3) is 5.91 Å². The molecule has 0 spiro atoms. The molecule has 2 heterocycles. The average Bonchev–Trinajstić information content (AvgIpc) is 3.03. The van der Waals surface area contributed by atoms with Gasteiger partial charge < -0.3 is 10.6 Å². The van der Waals surface area contributed by atoms with Crippen molar-refractivity contribution >= 4 is 18.3 Å². The number of amides is 1. The monoisotopic (exact) mass is 376 g/mol. The second-order valence-corrected chi connectivity index (χ2v) is 7.31. The lowest BCUT2D eigenvalue weighted by atomic mass is 9.98. The number of benzene rings is 1. The lowest BCUT2D eigenvalue weighted by Gasteiger charge is -2.30. The molecule has 1 aliphatic heterocycles. The van der Waals surface area contributed by atoms with Crippen molar-refractivity contribution in [1.82, 2.24) is 20.4 Å². The predicted molar refractivity (Wildman–Crippen MR) is 108 cm³/mol. The van der Waals surface area contributed by atoms with Gasteiger partial charge in [0.05, 0.1) is 23.1 Å². The molecular weight excluding hydrogens is 348 g/mol. The average molecular weight is 377 g/mol. The number of aromatic nitrogens is 2. The Hall–Kier alpha value is -1.85. The summed E-state index contributed by atoms with van der Waals surface area (Å²) >= 11 is 0. The van der Waals surface area contributed by atoms with Crippen LogP contribution in [0.15, 0.2) is 30.5 Å². The lowest BCUT2D eigenvalue weighted by molar-refractivity contribution is 0.0918. The molecule has 1 aromatic heterocycles. The minimum absolute atomic E-state index is 0. The minimum atomic E-state index is -0.0254. The van der Waals surface area contributed by atoms with Crippen molar-refractivity contribution in [2.45, 2.75) is 58.5 Å². The van der Waals surface area contributed by atoms with Crippen molar-refractivity contribution in [2.75, 3.05) is 6.54 Å². The van der Waals surface area contributed by atoms with Crippen molar-refractivity contribution in [1.29, 1.82) is 0 Å². The fraction of sp³-hybridized carbons (Fsp3) is 0.500. The minimum Gasteiger partial charge on any atom is -0.348 e. The third-order valence-corrected chi connectivity index (χ3v) is 4.95. The van der Waals surface area contributed by atoms with E-state index in [1.165, 1.54) is 5.56 Å². The van der Waals surface area contributed by atoms with Gasteiger partial charge in [0.2, 0.25) is 0 Å². The van der Waals surface area contributed by atoms with Crippen molar-refractivity contribution in [3.63, 3.8) is 0 Å². The molecule has 0 radical (unpaired) electrons. The van der Waals surface area contributed by atoms with Crippen LogP contribution in [-0.2, 0) is 0 Å². The molecule has 2 unspecified atom stereocenters. The predicted octanol–water partition coefficient (Wildman–Crippen LogP) is 3.60. The Labute approximate surface area is 162 Å². The largest absolute Gasteiger partial charge is 0.348 e. The molecule has 0 bridgehead atoms. The fourth-order valence-corrected chi connectivity index (χ4v) is 3.47. The fourth-order valence-electron chi connectivity index (χ4n) is 3.47. The first-order valence-electron chi connectivity index (χ1n) is 9.16. The molecule has 2 N–H and O–H groups in total. The molecule has 2 atom stereocenters. The van der Waals surface area contributed by atoms with Gasteiger partial charge in [-0.25, -0.2) is 4.68 Å². The summed E-state index contributed by atoms with van der Waals surface area (Å²) in [5.74, 6) is 0.175. The third-order valence-electron chi connectivity index (χ3n) is 4.95. The number of aryl methyl sites for hydroxylation is 1. The van der Waals surface area contributed by atoms with E-state index in [-0.39, 0.29) is 30.3 Å². The van der Waals surface area contributed by atoms with Crippen molar-refractivity contribution in [2.24, 2.45) is 0 Å². The summed E-state index contributed by atoms with van der Waals surface area (Å²) in [4.78, 5) is 12.9. The van der Waals surface area contributed by atoms with E-state index in [1.54, 1.807) is 6.20 Å². The highest BCUT2D eigenvalue weighted by molar-refractivity contribution is 5.95. The van der Waals surface area contributed by atoms with Gasteiger partial charge in [0.1, 0.15) is 0 Å². The molecule has 142 valence electrons. The van der Waals surface area contributed by atoms with Gasteiger partial charge in [-0.3, -0.25) is 4.79 Å². The van der Waals surface area contributed by atoms with Crippen LogP contribution in [0, 0.1) is 6.92 Å². The van der Waals surface area contributed by atoms with Crippen LogP contribution in [0.1, 0.15) is 61.1 Å². The van der Waals surface area contributed by atoms with Gasteiger partial charge in [-0.2, -0.15) is 5.10 Å². The first-order valence-corrected chi connectivity index (χ1v) is 9.16. The molecule has 1 amide bonds. The Kier molecular flexibility index (Phi) is 6.84. The van der Waals surface area contributed by atoms with Crippen LogP contribution >= 0.6 is 12.4 Å². The van der Waals surface area contributed by atoms with Gasteiger partial charge >= 0.3 is 0 Å². The number of carbonyl (C=O) groups excluding carboxylic acids is 1. The summed E-state index contributed by atoms with van der Waals surface area (Å²) in [6, 6.07) is 8.69. The van der Waals surface area contributed by atoms with Gasteiger partial charge in [0, 0.05) is 12.1 Å². The van der Waals surface area contributed by atoms with E-state index in [0.717, 1.165) is 30.8 Å². The lowest BCUT2D eigenvalue weighted by Crippen LogP contribution is -2.52. The first kappa shape index (κ1) is 20.5. The summed E-state index contributed by atoms with van der Waals surface area (Å²) in [6.07, 6.45) is 3.81. The first-order chi connectivity index (χ1) is 12.0. The highest BCUT2D eigenvalue weighted by atomic mass is 35.5. The van der Waals surface area contributed by atoms with E-state index < -0.39 is 0 Å². The molecule has 5 nitrogen and oxygen atoms in total. The van der Waals surface area contributed by atoms with Crippen molar-refractivity contribution < 1.29 is 4.79 Å². The molecule has 1 saturated heterocycles. The third kappa shape index (κ3) is 4.27. The van der Waals surface area contributed by atoms with Crippen molar-refractivity contribution in [3.8, 4) is 5.69 Å². The highest BCUT2D eigenvalue weighted by Gasteiger charge is 2.26. The Morgan fingerprint density at radius 3 is 2.62 bits per heavy atom. The maximum Gasteiger partial charge on any atom is 0.255 e. The van der Waals surface area contributed by atoms with Gasteiger partial charge in [-0.05, 0) is 51.3 Å². The number of halogens is 1. The molecule has 0 aliphatic carbocycles. The molecular formula is C20H29ClN4O. The van der Waals surface area contributed by atoms with E-state index >= 15 is 0 Å². The van der Waals surface area contributed by atoms with Crippen LogP contribution in [0.3, 0.4) is 0 Å². The zero-order valence-electron chi connectivity index (χ0n) is 16.0. The van der Waals surface area contributed by atoms with Crippen molar-refractivity contribution in [3.05, 3.63) is 47.3 Å². The zero-order valence-corrected chi connectivity index (χ0v) is 16.8. The zero-order chi connectivity index (χ0) is 18.0. The molecule has 26 heavy (non-hydrogen) atoms. The maximum atomic E-state index is 12.9. The standard InChI is InChI=1S/C20H28N4O.ClH/c1-13(2)19-17(20(25)23-18-6-5-11-21-15(18)4)12-22-24(19)16-9-7-14(3)8-10-16;/h7-10,12-13,15,18,21H,5-6,11H2,1-4H3,(H,23,25);1H. The Balaban J connectivity index is 0.00000243. The number of piperidine rings is 1. The van der Waals surface area contributed by atoms with E-state index in [0.29, 0.717) is 11.6 Å². The summed E-state index contributed by atoms with van der Waals surface area (Å²) < 4.78 is 1.89. The van der Waals surface area contributed by atoms with Crippen LogP contribution < -0.4 is 10.6 Å². The Morgan fingerprint density at radius 1 is 1.31 bits per heavy atom. The smallest absolute Gasteiger partial charge is 0.255 e. The van der Waals surface area contributed by atoms with E-state index in [1.807, 2.05) is 16.8 Å². The normalized spacial score (nSPS) is 19.9. The Morgan fingerprint density at radius 2 is 2.00 bits per heavy atom. The van der Waals surface area contributed by atoms with Crippen LogP contribution in [0.2, 0.25) is 0 Å². The van der Waals surface area contributed by atoms with Gasteiger partial charge in [-0.15, -0.1) is 12.4 Å². The maximum absolute atomic E-state index is 12.9. The molecule has 0 saturated carbocycles. The van der Waals surface area contributed by atoms with Gasteiger partial charge in [-0.1, -0.05) is 31.5 Å². The number of nitrogens with one attached hydrogen (secondary N) is 2. The van der Waals surface area contributed by atoms with Crippen LogP contribution in [-0.4, -0.2) is 34.3 Å². The van der Waals surface area contributed by atoms with Crippen LogP contribution in [0.25, 0.3) is 5.69 Å². The SMILES string of the molecule is Cc1ccc(-n2ncc(C(=O)NC3CCCNC3C)c2C(C)C)cc1.Cl. The number of nitrogens with zero attached hydrogens (tertiary/aromatic N) is 2.